The van der Waals surface area contributed by atoms with Crippen LogP contribution in [0.15, 0.2) is 173 Å². The van der Waals surface area contributed by atoms with E-state index in [2.05, 4.69) is 170 Å². The number of nitrogens with zero attached hydrogens (tertiary/aromatic N) is 1. The molecule has 6 aromatic carbocycles. The van der Waals surface area contributed by atoms with Gasteiger partial charge in [-0.1, -0.05) is 140 Å². The zero-order valence-corrected chi connectivity index (χ0v) is 29.1. The minimum atomic E-state index is -0.322. The highest BCUT2D eigenvalue weighted by Crippen LogP contribution is 2.43. The third-order valence-electron chi connectivity index (χ3n) is 10.9. The van der Waals surface area contributed by atoms with Crippen LogP contribution in [0.1, 0.15) is 36.7 Å². The molecule has 3 nitrogen and oxygen atoms in total. The summed E-state index contributed by atoms with van der Waals surface area (Å²) in [6.07, 6.45) is 14.3. The smallest absolute Gasteiger partial charge is 0.143 e. The Balaban J connectivity index is 1.03. The fourth-order valence-electron chi connectivity index (χ4n) is 8.22. The molecule has 0 saturated carbocycles. The summed E-state index contributed by atoms with van der Waals surface area (Å²) >= 11 is 0. The Kier molecular flexibility index (Phi) is 7.14. The zero-order chi connectivity index (χ0) is 34.6. The lowest BCUT2D eigenvalue weighted by atomic mass is 9.85. The summed E-state index contributed by atoms with van der Waals surface area (Å²) in [5.74, 6) is 1.10. The van der Waals surface area contributed by atoms with Crippen LogP contribution in [0.3, 0.4) is 0 Å². The van der Waals surface area contributed by atoms with E-state index >= 15 is 0 Å². The first kappa shape index (κ1) is 30.5. The van der Waals surface area contributed by atoms with E-state index in [1.165, 1.54) is 27.6 Å². The van der Waals surface area contributed by atoms with Crippen molar-refractivity contribution in [3.8, 4) is 22.3 Å². The Morgan fingerprint density at radius 3 is 1.98 bits per heavy atom. The molecule has 0 radical (unpaired) electrons. The van der Waals surface area contributed by atoms with Gasteiger partial charge < -0.3 is 13.7 Å². The van der Waals surface area contributed by atoms with Crippen LogP contribution in [0.25, 0.3) is 66.8 Å². The minimum absolute atomic E-state index is 0.322. The predicted molar refractivity (Wildman–Crippen MR) is 217 cm³/mol. The summed E-state index contributed by atoms with van der Waals surface area (Å²) in [4.78, 5) is 2.48. The maximum atomic E-state index is 6.51. The summed E-state index contributed by atoms with van der Waals surface area (Å²) in [7, 11) is 0. The van der Waals surface area contributed by atoms with Crippen LogP contribution < -0.4 is 4.90 Å². The SMILES string of the molecule is CC1(N(c2ccc(-c3ccccc3)cc2)c2ccc(-c3cccc4c3oc3ccccc34)cc2)C=CC(c2cccc3c4c(oc23)CCC=C4)=CC1. The molecule has 2 heterocycles. The highest BCUT2D eigenvalue weighted by molar-refractivity contribution is 6.09. The van der Waals surface area contributed by atoms with Gasteiger partial charge in [0, 0.05) is 50.6 Å². The fraction of sp³-hybridized carbons (Fsp3) is 0.102. The van der Waals surface area contributed by atoms with Crippen molar-refractivity contribution < 1.29 is 8.83 Å². The van der Waals surface area contributed by atoms with Crippen molar-refractivity contribution in [2.24, 2.45) is 0 Å². The summed E-state index contributed by atoms with van der Waals surface area (Å²) in [5.41, 5.74) is 13.0. The van der Waals surface area contributed by atoms with Crippen LogP contribution >= 0.6 is 0 Å². The van der Waals surface area contributed by atoms with Crippen molar-refractivity contribution in [3.63, 3.8) is 0 Å². The minimum Gasteiger partial charge on any atom is -0.460 e. The van der Waals surface area contributed by atoms with Crippen LogP contribution in [0.4, 0.5) is 11.4 Å². The lowest BCUT2D eigenvalue weighted by molar-refractivity contribution is 0.545. The molecule has 0 bridgehead atoms. The van der Waals surface area contributed by atoms with Gasteiger partial charge in [-0.05, 0) is 72.4 Å². The Morgan fingerprint density at radius 2 is 1.21 bits per heavy atom. The van der Waals surface area contributed by atoms with Crippen LogP contribution in [0, 0.1) is 0 Å². The lowest BCUT2D eigenvalue weighted by Crippen LogP contribution is -2.42. The van der Waals surface area contributed by atoms with Crippen molar-refractivity contribution in [1.29, 1.82) is 0 Å². The van der Waals surface area contributed by atoms with E-state index in [1.54, 1.807) is 0 Å². The molecule has 52 heavy (non-hydrogen) atoms. The Bertz CT molecular complexity index is 2710. The molecule has 2 aliphatic carbocycles. The number of furan rings is 2. The molecule has 8 aromatic rings. The average Bonchev–Trinajstić information content (AvgIpc) is 3.78. The van der Waals surface area contributed by atoms with Gasteiger partial charge in [-0.25, -0.2) is 0 Å². The van der Waals surface area contributed by atoms with Crippen LogP contribution in [0.2, 0.25) is 0 Å². The molecule has 1 atom stereocenters. The molecule has 0 N–H and O–H groups in total. The highest BCUT2D eigenvalue weighted by Gasteiger charge is 2.33. The van der Waals surface area contributed by atoms with Gasteiger partial charge in [0.25, 0.3) is 0 Å². The number of benzene rings is 6. The van der Waals surface area contributed by atoms with Gasteiger partial charge in [-0.3, -0.25) is 0 Å². The second-order valence-electron chi connectivity index (χ2n) is 14.2. The monoisotopic (exact) mass is 671 g/mol. The first-order valence-electron chi connectivity index (χ1n) is 18.2. The van der Waals surface area contributed by atoms with E-state index in [1.807, 2.05) is 12.1 Å². The molecule has 2 aromatic heterocycles. The summed E-state index contributed by atoms with van der Waals surface area (Å²) in [6.45, 7) is 2.34. The number of hydrogen-bond acceptors (Lipinski definition) is 3. The van der Waals surface area contributed by atoms with Gasteiger partial charge in [0.05, 0.1) is 5.54 Å². The molecule has 1 unspecified atom stereocenters. The number of anilines is 2. The van der Waals surface area contributed by atoms with Crippen LogP contribution in [0.5, 0.6) is 0 Å². The molecule has 0 fully saturated rings. The maximum absolute atomic E-state index is 6.51. The molecule has 2 aliphatic rings. The molecule has 250 valence electrons. The van der Waals surface area contributed by atoms with Gasteiger partial charge in [0.15, 0.2) is 0 Å². The third-order valence-corrected chi connectivity index (χ3v) is 10.9. The number of fused-ring (bicyclic) bond motifs is 6. The van der Waals surface area contributed by atoms with Crippen molar-refractivity contribution in [1.82, 2.24) is 0 Å². The zero-order valence-electron chi connectivity index (χ0n) is 29.1. The number of rotatable bonds is 6. The van der Waals surface area contributed by atoms with E-state index in [9.17, 15) is 0 Å². The molecule has 10 rings (SSSR count). The van der Waals surface area contributed by atoms with E-state index in [0.29, 0.717) is 0 Å². The topological polar surface area (TPSA) is 29.5 Å². The first-order chi connectivity index (χ1) is 25.6. The van der Waals surface area contributed by atoms with Crippen molar-refractivity contribution >= 4 is 55.9 Å². The maximum Gasteiger partial charge on any atom is 0.143 e. The Hall–Kier alpha value is -6.32. The van der Waals surface area contributed by atoms with Gasteiger partial charge in [0.1, 0.15) is 22.5 Å². The predicted octanol–water partition coefficient (Wildman–Crippen LogP) is 13.6. The second kappa shape index (κ2) is 12.2. The summed E-state index contributed by atoms with van der Waals surface area (Å²) in [6, 6.07) is 49.8. The quantitative estimate of drug-likeness (QED) is 0.176. The van der Waals surface area contributed by atoms with Gasteiger partial charge in [0.2, 0.25) is 0 Å². The van der Waals surface area contributed by atoms with E-state index < -0.39 is 0 Å². The van der Waals surface area contributed by atoms with Gasteiger partial charge >= 0.3 is 0 Å². The average molecular weight is 672 g/mol. The number of hydrogen-bond donors (Lipinski definition) is 0. The summed E-state index contributed by atoms with van der Waals surface area (Å²) in [5, 5.41) is 3.48. The standard InChI is InChI=1S/C49H37NO2/c1-49(31-29-36(30-32-49)40-16-10-18-44-42-14-6-8-20-46(42)52-48(40)44)50(37-25-21-34(22-26-37)33-11-3-2-4-12-33)38-27-23-35(24-28-38)39-15-9-17-43-41-13-5-7-19-45(41)51-47(39)43/h2-7,9-19,21-31H,8,20,32H2,1H3. The molecule has 0 aliphatic heterocycles. The van der Waals surface area contributed by atoms with E-state index in [0.717, 1.165) is 80.6 Å². The van der Waals surface area contributed by atoms with Gasteiger partial charge in [-0.15, -0.1) is 0 Å². The van der Waals surface area contributed by atoms with E-state index in [4.69, 9.17) is 8.83 Å². The lowest BCUT2D eigenvalue weighted by Gasteiger charge is -2.42. The van der Waals surface area contributed by atoms with E-state index in [-0.39, 0.29) is 5.54 Å². The largest absolute Gasteiger partial charge is 0.460 e. The van der Waals surface area contributed by atoms with Crippen molar-refractivity contribution in [2.75, 3.05) is 4.90 Å². The van der Waals surface area contributed by atoms with Crippen molar-refractivity contribution in [3.05, 3.63) is 181 Å². The molecular weight excluding hydrogens is 635 g/mol. The molecule has 0 amide bonds. The fourth-order valence-corrected chi connectivity index (χ4v) is 8.22. The van der Waals surface area contributed by atoms with Gasteiger partial charge in [-0.2, -0.15) is 0 Å². The Morgan fingerprint density at radius 1 is 0.558 bits per heavy atom. The number of para-hydroxylation sites is 3. The van der Waals surface area contributed by atoms with Crippen LogP contribution in [-0.2, 0) is 6.42 Å². The normalized spacial score (nSPS) is 16.8. The molecule has 0 spiro atoms. The van der Waals surface area contributed by atoms with Crippen molar-refractivity contribution in [2.45, 2.75) is 31.7 Å². The number of aryl methyl sites for hydroxylation is 1. The highest BCUT2D eigenvalue weighted by atomic mass is 16.3. The second-order valence-corrected chi connectivity index (χ2v) is 14.2. The number of allylic oxidation sites excluding steroid dienone is 3. The molecule has 3 heteroatoms. The molecular formula is C49H37NO2. The summed E-state index contributed by atoms with van der Waals surface area (Å²) < 4.78 is 12.9. The third kappa shape index (κ3) is 5.04. The Labute approximate surface area is 303 Å². The molecule has 0 saturated heterocycles. The first-order valence-corrected chi connectivity index (χ1v) is 18.2. The van der Waals surface area contributed by atoms with Crippen LogP contribution in [-0.4, -0.2) is 5.54 Å².